The first-order valence-corrected chi connectivity index (χ1v) is 9.17. The summed E-state index contributed by atoms with van der Waals surface area (Å²) in [5, 5.41) is 24.5. The number of thiazole rings is 1. The van der Waals surface area contributed by atoms with Gasteiger partial charge in [-0.25, -0.2) is 0 Å². The van der Waals surface area contributed by atoms with Crippen LogP contribution >= 0.6 is 11.3 Å². The molecule has 0 saturated heterocycles. The summed E-state index contributed by atoms with van der Waals surface area (Å²) in [5.74, 6) is 1.91. The van der Waals surface area contributed by atoms with Crippen molar-refractivity contribution >= 4 is 37.3 Å². The number of phenolic OH excluding ortho intramolecular Hbond substituents is 2. The first-order valence-electron chi connectivity index (χ1n) is 5.37. The summed E-state index contributed by atoms with van der Waals surface area (Å²) < 4.78 is 0. The summed E-state index contributed by atoms with van der Waals surface area (Å²) in [6, 6.07) is 4.32. The fourth-order valence-corrected chi connectivity index (χ4v) is 2.91. The van der Waals surface area contributed by atoms with Crippen molar-refractivity contribution in [2.75, 3.05) is 5.32 Å². The molecule has 2 rings (SSSR count). The third-order valence-electron chi connectivity index (χ3n) is 2.28. The van der Waals surface area contributed by atoms with Crippen molar-refractivity contribution in [1.29, 1.82) is 0 Å². The predicted molar refractivity (Wildman–Crippen MR) is 75.9 cm³/mol. The van der Waals surface area contributed by atoms with Crippen LogP contribution in [-0.2, 0) is 4.79 Å². The Morgan fingerprint density at radius 1 is 1.47 bits per heavy atom. The number of aromatic nitrogens is 1. The number of aromatic hydroxyl groups is 2. The summed E-state index contributed by atoms with van der Waals surface area (Å²) in [5.41, 5.74) is 1.09. The Kier molecular flexibility index (Phi) is 4.42. The van der Waals surface area contributed by atoms with Crippen LogP contribution < -0.4 is 5.32 Å². The van der Waals surface area contributed by atoms with Crippen LogP contribution in [0.5, 0.6) is 11.5 Å². The standard InChI is InChI=1S/C12H12N2O3SSe/c1-19-6-11(17)14-12-13-9(5-18-12)8-3-2-7(15)4-10(8)16/h2-5,15-16H,6H2,1H3,(H,13,14,17). The van der Waals surface area contributed by atoms with Crippen LogP contribution in [0.3, 0.4) is 0 Å². The van der Waals surface area contributed by atoms with Gasteiger partial charge in [-0.3, -0.25) is 0 Å². The van der Waals surface area contributed by atoms with E-state index in [1.54, 1.807) is 11.4 Å². The van der Waals surface area contributed by atoms with Gasteiger partial charge in [0.1, 0.15) is 0 Å². The summed E-state index contributed by atoms with van der Waals surface area (Å²) >= 11 is 1.59. The third-order valence-corrected chi connectivity index (χ3v) is 4.20. The number of hydrogen-bond acceptors (Lipinski definition) is 5. The predicted octanol–water partition coefficient (Wildman–Crippen LogP) is 2.33. The quantitative estimate of drug-likeness (QED) is 0.744. The molecule has 0 unspecified atom stereocenters. The topological polar surface area (TPSA) is 82.5 Å². The maximum atomic E-state index is 11.5. The van der Waals surface area contributed by atoms with Gasteiger partial charge in [-0.05, 0) is 0 Å². The summed E-state index contributed by atoms with van der Waals surface area (Å²) in [4.78, 5) is 15.7. The summed E-state index contributed by atoms with van der Waals surface area (Å²) in [6.07, 6.45) is 0. The second-order valence-electron chi connectivity index (χ2n) is 3.72. The Hall–Kier alpha value is -1.56. The van der Waals surface area contributed by atoms with E-state index in [0.717, 1.165) is 0 Å². The molecule has 2 aromatic rings. The Balaban J connectivity index is 2.18. The van der Waals surface area contributed by atoms with Gasteiger partial charge in [0, 0.05) is 0 Å². The molecule has 5 nitrogen and oxygen atoms in total. The molecule has 0 aliphatic rings. The van der Waals surface area contributed by atoms with Crippen molar-refractivity contribution < 1.29 is 15.0 Å². The number of rotatable bonds is 4. The molecule has 0 aliphatic carbocycles. The number of hydrogen-bond donors (Lipinski definition) is 3. The first kappa shape index (κ1) is 13.9. The van der Waals surface area contributed by atoms with Crippen molar-refractivity contribution in [2.24, 2.45) is 0 Å². The van der Waals surface area contributed by atoms with Gasteiger partial charge in [0.25, 0.3) is 0 Å². The minimum absolute atomic E-state index is 0.00446. The number of carbonyl (C=O) groups excluding carboxylic acids is 1. The fraction of sp³-hybridized carbons (Fsp3) is 0.167. The van der Waals surface area contributed by atoms with Crippen molar-refractivity contribution in [3.05, 3.63) is 23.6 Å². The third kappa shape index (κ3) is 3.47. The number of benzene rings is 1. The van der Waals surface area contributed by atoms with Crippen LogP contribution in [0.2, 0.25) is 11.1 Å². The normalized spacial score (nSPS) is 10.4. The Morgan fingerprint density at radius 3 is 2.95 bits per heavy atom. The van der Waals surface area contributed by atoms with Crippen LogP contribution in [0.4, 0.5) is 5.13 Å². The molecule has 0 atom stereocenters. The van der Waals surface area contributed by atoms with E-state index in [2.05, 4.69) is 10.3 Å². The number of amides is 1. The maximum absolute atomic E-state index is 11.5. The van der Waals surface area contributed by atoms with Crippen molar-refractivity contribution in [3.63, 3.8) is 0 Å². The van der Waals surface area contributed by atoms with E-state index in [4.69, 9.17) is 0 Å². The van der Waals surface area contributed by atoms with Gasteiger partial charge in [0.05, 0.1) is 0 Å². The molecular formula is C12H12N2O3SSe. The van der Waals surface area contributed by atoms with Gasteiger partial charge in [-0.1, -0.05) is 0 Å². The van der Waals surface area contributed by atoms with Gasteiger partial charge in [-0.15, -0.1) is 0 Å². The molecule has 1 amide bonds. The molecule has 1 aromatic heterocycles. The summed E-state index contributed by atoms with van der Waals surface area (Å²) in [7, 11) is 0. The SMILES string of the molecule is C[Se]CC(=O)Nc1nc(-c2ccc(O)cc2O)cs1. The zero-order valence-corrected chi connectivity index (χ0v) is 12.6. The molecule has 0 aliphatic heterocycles. The van der Waals surface area contributed by atoms with E-state index in [1.807, 2.05) is 5.82 Å². The average Bonchev–Trinajstić information content (AvgIpc) is 2.77. The van der Waals surface area contributed by atoms with E-state index in [-0.39, 0.29) is 17.4 Å². The Bertz CT molecular complexity index is 600. The van der Waals surface area contributed by atoms with E-state index >= 15 is 0 Å². The van der Waals surface area contributed by atoms with Gasteiger partial charge in [0.15, 0.2) is 0 Å². The number of nitrogens with one attached hydrogen (secondary N) is 1. The van der Waals surface area contributed by atoms with E-state index < -0.39 is 0 Å². The molecule has 0 bridgehead atoms. The van der Waals surface area contributed by atoms with Gasteiger partial charge < -0.3 is 0 Å². The molecule has 0 radical (unpaired) electrons. The van der Waals surface area contributed by atoms with E-state index in [0.29, 0.717) is 36.7 Å². The second kappa shape index (κ2) is 6.06. The average molecular weight is 343 g/mol. The minimum atomic E-state index is -0.0432. The van der Waals surface area contributed by atoms with Crippen LogP contribution in [0.1, 0.15) is 0 Å². The molecular weight excluding hydrogens is 331 g/mol. The van der Waals surface area contributed by atoms with Crippen molar-refractivity contribution in [3.8, 4) is 22.8 Å². The number of anilines is 1. The molecule has 3 N–H and O–H groups in total. The Morgan fingerprint density at radius 2 is 2.26 bits per heavy atom. The number of nitrogens with zero attached hydrogens (tertiary/aromatic N) is 1. The number of carbonyl (C=O) groups is 1. The van der Waals surface area contributed by atoms with Crippen LogP contribution in [0, 0.1) is 0 Å². The van der Waals surface area contributed by atoms with Gasteiger partial charge in [-0.2, -0.15) is 0 Å². The second-order valence-corrected chi connectivity index (χ2v) is 6.40. The van der Waals surface area contributed by atoms with Gasteiger partial charge in [0.2, 0.25) is 0 Å². The molecule has 19 heavy (non-hydrogen) atoms. The molecule has 1 aromatic carbocycles. The molecule has 0 spiro atoms. The Labute approximate surface area is 120 Å². The van der Waals surface area contributed by atoms with Crippen molar-refractivity contribution in [1.82, 2.24) is 4.98 Å². The van der Waals surface area contributed by atoms with Crippen LogP contribution in [0.25, 0.3) is 11.3 Å². The summed E-state index contributed by atoms with van der Waals surface area (Å²) in [6.45, 7) is 0. The molecule has 1 heterocycles. The van der Waals surface area contributed by atoms with Gasteiger partial charge >= 0.3 is 120 Å². The molecule has 100 valence electrons. The van der Waals surface area contributed by atoms with Crippen LogP contribution in [0.15, 0.2) is 23.6 Å². The number of phenols is 2. The molecule has 0 saturated carbocycles. The van der Waals surface area contributed by atoms with E-state index in [9.17, 15) is 15.0 Å². The molecule has 7 heteroatoms. The van der Waals surface area contributed by atoms with E-state index in [1.165, 1.54) is 23.5 Å². The fourth-order valence-electron chi connectivity index (χ4n) is 1.48. The zero-order chi connectivity index (χ0) is 13.8. The molecule has 0 fully saturated rings. The van der Waals surface area contributed by atoms with Crippen molar-refractivity contribution in [2.45, 2.75) is 11.1 Å². The first-order chi connectivity index (χ1) is 9.10. The zero-order valence-electron chi connectivity index (χ0n) is 10.1. The van der Waals surface area contributed by atoms with Crippen LogP contribution in [-0.4, -0.2) is 36.1 Å². The monoisotopic (exact) mass is 344 g/mol.